The Morgan fingerprint density at radius 1 is 1.20 bits per heavy atom. The van der Waals surface area contributed by atoms with Crippen LogP contribution in [-0.4, -0.2) is 17.3 Å². The van der Waals surface area contributed by atoms with Crippen LogP contribution in [-0.2, 0) is 11.2 Å². The van der Waals surface area contributed by atoms with E-state index in [4.69, 9.17) is 0 Å². The molecule has 0 saturated carbocycles. The van der Waals surface area contributed by atoms with Crippen molar-refractivity contribution in [3.8, 4) is 5.75 Å². The zero-order valence-electron chi connectivity index (χ0n) is 11.3. The third-order valence-electron chi connectivity index (χ3n) is 2.93. The molecule has 20 heavy (non-hydrogen) atoms. The first-order valence-corrected chi connectivity index (χ1v) is 7.61. The van der Waals surface area contributed by atoms with Gasteiger partial charge >= 0.3 is 0 Å². The SMILES string of the molecule is CSc1cccc(NC(=O)CCc2ccc(O)cc2)c1. The van der Waals surface area contributed by atoms with Crippen molar-refractivity contribution in [1.82, 2.24) is 0 Å². The van der Waals surface area contributed by atoms with Crippen LogP contribution in [0.3, 0.4) is 0 Å². The summed E-state index contributed by atoms with van der Waals surface area (Å²) in [7, 11) is 0. The van der Waals surface area contributed by atoms with Crippen LogP contribution in [0.2, 0.25) is 0 Å². The molecule has 2 rings (SSSR count). The summed E-state index contributed by atoms with van der Waals surface area (Å²) >= 11 is 1.65. The van der Waals surface area contributed by atoms with Gasteiger partial charge in [-0.1, -0.05) is 18.2 Å². The summed E-state index contributed by atoms with van der Waals surface area (Å²) in [5.74, 6) is 0.239. The van der Waals surface area contributed by atoms with Gasteiger partial charge in [-0.2, -0.15) is 0 Å². The monoisotopic (exact) mass is 287 g/mol. The molecule has 104 valence electrons. The number of amides is 1. The standard InChI is InChI=1S/C16H17NO2S/c1-20-15-4-2-3-13(11-15)17-16(19)10-7-12-5-8-14(18)9-6-12/h2-6,8-9,11,18H,7,10H2,1H3,(H,17,19). The predicted molar refractivity (Wildman–Crippen MR) is 83.3 cm³/mol. The van der Waals surface area contributed by atoms with E-state index in [1.54, 1.807) is 23.9 Å². The van der Waals surface area contributed by atoms with Crippen LogP contribution in [0.4, 0.5) is 5.69 Å². The maximum Gasteiger partial charge on any atom is 0.224 e. The summed E-state index contributed by atoms with van der Waals surface area (Å²) < 4.78 is 0. The molecule has 0 aromatic heterocycles. The second-order valence-corrected chi connectivity index (χ2v) is 5.33. The Morgan fingerprint density at radius 3 is 2.65 bits per heavy atom. The van der Waals surface area contributed by atoms with Crippen molar-refractivity contribution >= 4 is 23.4 Å². The number of aryl methyl sites for hydroxylation is 1. The molecule has 0 aliphatic rings. The third-order valence-corrected chi connectivity index (χ3v) is 3.66. The van der Waals surface area contributed by atoms with Crippen molar-refractivity contribution in [1.29, 1.82) is 0 Å². The Bertz CT molecular complexity index is 581. The van der Waals surface area contributed by atoms with Crippen LogP contribution >= 0.6 is 11.8 Å². The Hall–Kier alpha value is -1.94. The lowest BCUT2D eigenvalue weighted by Gasteiger charge is -2.06. The number of aromatic hydroxyl groups is 1. The number of carbonyl (C=O) groups excluding carboxylic acids is 1. The zero-order chi connectivity index (χ0) is 14.4. The fourth-order valence-corrected chi connectivity index (χ4v) is 2.30. The second-order valence-electron chi connectivity index (χ2n) is 4.45. The predicted octanol–water partition coefficient (Wildman–Crippen LogP) is 3.69. The van der Waals surface area contributed by atoms with E-state index in [1.165, 1.54) is 0 Å². The summed E-state index contributed by atoms with van der Waals surface area (Å²) in [4.78, 5) is 13.0. The molecule has 2 aromatic carbocycles. The molecule has 0 saturated heterocycles. The van der Waals surface area contributed by atoms with Crippen LogP contribution in [0, 0.1) is 0 Å². The van der Waals surface area contributed by atoms with E-state index in [9.17, 15) is 9.90 Å². The Labute approximate surface area is 123 Å². The number of anilines is 1. The van der Waals surface area contributed by atoms with Gasteiger partial charge in [-0.25, -0.2) is 0 Å². The van der Waals surface area contributed by atoms with E-state index in [2.05, 4.69) is 5.32 Å². The second kappa shape index (κ2) is 7.01. The van der Waals surface area contributed by atoms with Crippen molar-refractivity contribution in [3.05, 3.63) is 54.1 Å². The lowest BCUT2D eigenvalue weighted by molar-refractivity contribution is -0.116. The van der Waals surface area contributed by atoms with Crippen LogP contribution < -0.4 is 5.32 Å². The largest absolute Gasteiger partial charge is 0.508 e. The van der Waals surface area contributed by atoms with Crippen molar-refractivity contribution < 1.29 is 9.90 Å². The molecule has 0 radical (unpaired) electrons. The van der Waals surface area contributed by atoms with E-state index in [1.807, 2.05) is 42.7 Å². The topological polar surface area (TPSA) is 49.3 Å². The van der Waals surface area contributed by atoms with Crippen molar-refractivity contribution in [2.45, 2.75) is 17.7 Å². The van der Waals surface area contributed by atoms with Crippen LogP contribution in [0.15, 0.2) is 53.4 Å². The molecule has 0 aliphatic heterocycles. The van der Waals surface area contributed by atoms with Gasteiger partial charge in [0.25, 0.3) is 0 Å². The Kier molecular flexibility index (Phi) is 5.07. The average molecular weight is 287 g/mol. The van der Waals surface area contributed by atoms with Crippen molar-refractivity contribution in [2.24, 2.45) is 0 Å². The van der Waals surface area contributed by atoms with Gasteiger partial charge in [-0.3, -0.25) is 4.79 Å². The molecule has 2 N–H and O–H groups in total. The van der Waals surface area contributed by atoms with Crippen molar-refractivity contribution in [3.63, 3.8) is 0 Å². The van der Waals surface area contributed by atoms with Gasteiger partial charge in [0.2, 0.25) is 5.91 Å². The maximum atomic E-state index is 11.9. The van der Waals surface area contributed by atoms with E-state index in [-0.39, 0.29) is 11.7 Å². The van der Waals surface area contributed by atoms with E-state index < -0.39 is 0 Å². The number of phenols is 1. The van der Waals surface area contributed by atoms with E-state index in [0.29, 0.717) is 12.8 Å². The minimum Gasteiger partial charge on any atom is -0.508 e. The summed E-state index contributed by atoms with van der Waals surface area (Å²) in [6, 6.07) is 14.7. The highest BCUT2D eigenvalue weighted by molar-refractivity contribution is 7.98. The van der Waals surface area contributed by atoms with Gasteiger partial charge < -0.3 is 10.4 Å². The molecule has 0 atom stereocenters. The van der Waals surface area contributed by atoms with Crippen LogP contribution in [0.25, 0.3) is 0 Å². The van der Waals surface area contributed by atoms with Gasteiger partial charge in [-0.15, -0.1) is 11.8 Å². The highest BCUT2D eigenvalue weighted by atomic mass is 32.2. The number of carbonyl (C=O) groups is 1. The molecular formula is C16H17NO2S. The van der Waals surface area contributed by atoms with Crippen LogP contribution in [0.5, 0.6) is 5.75 Å². The number of rotatable bonds is 5. The van der Waals surface area contributed by atoms with Gasteiger partial charge in [0.1, 0.15) is 5.75 Å². The third kappa shape index (κ3) is 4.31. The summed E-state index contributed by atoms with van der Waals surface area (Å²) in [6.45, 7) is 0. The molecule has 0 aliphatic carbocycles. The van der Waals surface area contributed by atoms with Crippen molar-refractivity contribution in [2.75, 3.05) is 11.6 Å². The first kappa shape index (κ1) is 14.5. The molecule has 1 amide bonds. The van der Waals surface area contributed by atoms with E-state index >= 15 is 0 Å². The maximum absolute atomic E-state index is 11.9. The minimum atomic E-state index is -0.00340. The van der Waals surface area contributed by atoms with E-state index in [0.717, 1.165) is 16.1 Å². The Morgan fingerprint density at radius 2 is 1.95 bits per heavy atom. The number of hydrogen-bond donors (Lipinski definition) is 2. The molecule has 0 bridgehead atoms. The molecule has 3 nitrogen and oxygen atoms in total. The molecule has 0 unspecified atom stereocenters. The van der Waals surface area contributed by atoms with Gasteiger partial charge in [0, 0.05) is 17.0 Å². The summed E-state index contributed by atoms with van der Waals surface area (Å²) in [5.41, 5.74) is 1.86. The molecule has 0 heterocycles. The quantitative estimate of drug-likeness (QED) is 0.825. The normalized spacial score (nSPS) is 10.2. The molecule has 4 heteroatoms. The highest BCUT2D eigenvalue weighted by Crippen LogP contribution is 2.19. The lowest BCUT2D eigenvalue weighted by Crippen LogP contribution is -2.12. The summed E-state index contributed by atoms with van der Waals surface area (Å²) in [6.07, 6.45) is 3.09. The van der Waals surface area contributed by atoms with Gasteiger partial charge in [0.05, 0.1) is 0 Å². The molecule has 0 fully saturated rings. The number of thioether (sulfide) groups is 1. The number of hydrogen-bond acceptors (Lipinski definition) is 3. The molecular weight excluding hydrogens is 270 g/mol. The number of nitrogens with one attached hydrogen (secondary N) is 1. The molecule has 2 aromatic rings. The summed E-state index contributed by atoms with van der Waals surface area (Å²) in [5, 5.41) is 12.1. The number of benzene rings is 2. The highest BCUT2D eigenvalue weighted by Gasteiger charge is 2.04. The minimum absolute atomic E-state index is 0.00340. The van der Waals surface area contributed by atoms with Crippen LogP contribution in [0.1, 0.15) is 12.0 Å². The smallest absolute Gasteiger partial charge is 0.224 e. The Balaban J connectivity index is 1.87. The fourth-order valence-electron chi connectivity index (χ4n) is 1.84. The number of phenolic OH excluding ortho intramolecular Hbond substituents is 1. The van der Waals surface area contributed by atoms with Gasteiger partial charge in [-0.05, 0) is 48.6 Å². The average Bonchev–Trinajstić information content (AvgIpc) is 2.47. The lowest BCUT2D eigenvalue weighted by atomic mass is 10.1. The fraction of sp³-hybridized carbons (Fsp3) is 0.188. The first-order valence-electron chi connectivity index (χ1n) is 6.39. The van der Waals surface area contributed by atoms with Gasteiger partial charge in [0.15, 0.2) is 0 Å². The first-order chi connectivity index (χ1) is 9.67. The zero-order valence-corrected chi connectivity index (χ0v) is 12.1. The molecule has 0 spiro atoms.